The molecule has 1 amide bonds. The van der Waals surface area contributed by atoms with E-state index in [4.69, 9.17) is 0 Å². The second-order valence-corrected chi connectivity index (χ2v) is 9.42. The molecule has 0 saturated heterocycles. The topological polar surface area (TPSA) is 63.4 Å². The third-order valence-electron chi connectivity index (χ3n) is 7.43. The Balaban J connectivity index is 1.20. The largest absolute Gasteiger partial charge is 0.273 e. The molecule has 3 aromatic rings. The van der Waals surface area contributed by atoms with Crippen LogP contribution in [0.25, 0.3) is 11.0 Å². The molecule has 170 valence electrons. The Bertz CT molecular complexity index is 1250. The highest BCUT2D eigenvalue weighted by Crippen LogP contribution is 2.53. The van der Waals surface area contributed by atoms with Crippen LogP contribution in [-0.4, -0.2) is 32.1 Å². The van der Waals surface area contributed by atoms with Crippen molar-refractivity contribution in [3.8, 4) is 0 Å². The fraction of sp³-hybridized carbons (Fsp3) is 0.417. The number of halogens is 3. The summed E-state index contributed by atoms with van der Waals surface area (Å²) in [4.78, 5) is 15.1. The van der Waals surface area contributed by atoms with Gasteiger partial charge in [0, 0.05) is 30.7 Å². The molecular formula is C24H22F3N5O. The Morgan fingerprint density at radius 2 is 1.67 bits per heavy atom. The fourth-order valence-electron chi connectivity index (χ4n) is 5.72. The van der Waals surface area contributed by atoms with Gasteiger partial charge in [-0.25, -0.2) is 18.2 Å². The SMILES string of the molecule is O=C([C@H]1C[C@@H](Cn2nc3ccc(F)cc3n2)C2CC1C2)N1N=CCC1c1cc(F)cc(F)c1. The maximum Gasteiger partial charge on any atom is 0.246 e. The van der Waals surface area contributed by atoms with Crippen LogP contribution in [-0.2, 0) is 11.3 Å². The molecule has 1 unspecified atom stereocenters. The van der Waals surface area contributed by atoms with Crippen molar-refractivity contribution in [3.05, 3.63) is 59.4 Å². The zero-order valence-electron chi connectivity index (χ0n) is 17.7. The van der Waals surface area contributed by atoms with Gasteiger partial charge in [0.25, 0.3) is 0 Å². The first-order chi connectivity index (χ1) is 15.9. The van der Waals surface area contributed by atoms with Crippen LogP contribution >= 0.6 is 0 Å². The molecule has 3 atom stereocenters. The molecule has 1 aromatic heterocycles. The Hall–Kier alpha value is -3.23. The number of hydrogen-bond donors (Lipinski definition) is 0. The summed E-state index contributed by atoms with van der Waals surface area (Å²) >= 11 is 0. The van der Waals surface area contributed by atoms with E-state index in [1.165, 1.54) is 29.3 Å². The Labute approximate surface area is 188 Å². The third kappa shape index (κ3) is 3.59. The third-order valence-corrected chi connectivity index (χ3v) is 7.43. The van der Waals surface area contributed by atoms with E-state index < -0.39 is 17.7 Å². The van der Waals surface area contributed by atoms with E-state index in [-0.39, 0.29) is 23.6 Å². The standard InChI is InChI=1S/C24H22F3N5O/c25-17-1-2-21-22(11-17)30-31(29-21)12-16-9-20(14-5-13(16)6-14)24(33)32-23(3-4-28-32)15-7-18(26)10-19(27)8-15/h1-2,4,7-8,10-11,13-14,16,20,23H,3,5-6,9,12H2/t13?,14?,16-,20-,23?/m0/s1. The van der Waals surface area contributed by atoms with Crippen molar-refractivity contribution < 1.29 is 18.0 Å². The molecule has 0 spiro atoms. The lowest BCUT2D eigenvalue weighted by Crippen LogP contribution is -2.49. The Morgan fingerprint density at radius 3 is 2.45 bits per heavy atom. The first-order valence-corrected chi connectivity index (χ1v) is 11.3. The van der Waals surface area contributed by atoms with Crippen molar-refractivity contribution in [2.75, 3.05) is 0 Å². The number of carbonyl (C=O) groups excluding carboxylic acids is 1. The van der Waals surface area contributed by atoms with E-state index in [0.717, 1.165) is 18.9 Å². The van der Waals surface area contributed by atoms with Crippen molar-refractivity contribution in [1.82, 2.24) is 20.0 Å². The number of carbonyl (C=O) groups is 1. The van der Waals surface area contributed by atoms with Crippen molar-refractivity contribution >= 4 is 23.2 Å². The van der Waals surface area contributed by atoms with Crippen LogP contribution in [0.4, 0.5) is 13.2 Å². The summed E-state index contributed by atoms with van der Waals surface area (Å²) in [6, 6.07) is 7.21. The van der Waals surface area contributed by atoms with Gasteiger partial charge in [0.2, 0.25) is 5.91 Å². The number of benzene rings is 2. The van der Waals surface area contributed by atoms with Crippen molar-refractivity contribution in [3.63, 3.8) is 0 Å². The molecule has 9 heteroatoms. The van der Waals surface area contributed by atoms with E-state index in [1.807, 2.05) is 0 Å². The van der Waals surface area contributed by atoms with Crippen molar-refractivity contribution in [1.29, 1.82) is 0 Å². The van der Waals surface area contributed by atoms with Gasteiger partial charge in [-0.3, -0.25) is 4.79 Å². The van der Waals surface area contributed by atoms with Crippen LogP contribution in [0.2, 0.25) is 0 Å². The highest BCUT2D eigenvalue weighted by Gasteiger charge is 2.50. The Morgan fingerprint density at radius 1 is 0.909 bits per heavy atom. The van der Waals surface area contributed by atoms with E-state index in [2.05, 4.69) is 15.3 Å². The second kappa shape index (κ2) is 7.67. The number of hydrogen-bond acceptors (Lipinski definition) is 4. The summed E-state index contributed by atoms with van der Waals surface area (Å²) in [6.07, 6.45) is 4.68. The van der Waals surface area contributed by atoms with Crippen molar-refractivity contribution in [2.24, 2.45) is 28.8 Å². The molecule has 0 N–H and O–H groups in total. The van der Waals surface area contributed by atoms with Crippen LogP contribution in [0.5, 0.6) is 0 Å². The number of fused-ring (bicyclic) bond motifs is 3. The van der Waals surface area contributed by atoms with Gasteiger partial charge in [-0.05, 0) is 66.8 Å². The smallest absolute Gasteiger partial charge is 0.246 e. The highest BCUT2D eigenvalue weighted by atomic mass is 19.1. The van der Waals surface area contributed by atoms with Gasteiger partial charge in [-0.1, -0.05) is 0 Å². The van der Waals surface area contributed by atoms with Crippen LogP contribution in [0.15, 0.2) is 41.5 Å². The van der Waals surface area contributed by atoms with Gasteiger partial charge in [0.15, 0.2) is 0 Å². The van der Waals surface area contributed by atoms with E-state index >= 15 is 0 Å². The predicted octanol–water partition coefficient (Wildman–Crippen LogP) is 4.47. The molecule has 2 bridgehead atoms. The molecule has 7 rings (SSSR count). The summed E-state index contributed by atoms with van der Waals surface area (Å²) in [5.41, 5.74) is 1.57. The lowest BCUT2D eigenvalue weighted by Gasteiger charge is -2.51. The quantitative estimate of drug-likeness (QED) is 0.586. The molecule has 6 nitrogen and oxygen atoms in total. The average molecular weight is 453 g/mol. The second-order valence-electron chi connectivity index (χ2n) is 9.42. The first-order valence-electron chi connectivity index (χ1n) is 11.3. The zero-order valence-corrected chi connectivity index (χ0v) is 17.7. The maximum absolute atomic E-state index is 13.8. The monoisotopic (exact) mass is 453 g/mol. The summed E-state index contributed by atoms with van der Waals surface area (Å²) in [5, 5.41) is 14.6. The number of rotatable bonds is 4. The molecule has 4 aliphatic rings. The van der Waals surface area contributed by atoms with E-state index in [0.29, 0.717) is 47.8 Å². The van der Waals surface area contributed by atoms with Gasteiger partial charge < -0.3 is 0 Å². The molecule has 1 aliphatic heterocycles. The van der Waals surface area contributed by atoms with Crippen molar-refractivity contribution in [2.45, 2.75) is 38.3 Å². The molecule has 3 aliphatic carbocycles. The fourth-order valence-corrected chi connectivity index (χ4v) is 5.72. The van der Waals surface area contributed by atoms with Crippen LogP contribution in [0.3, 0.4) is 0 Å². The summed E-state index contributed by atoms with van der Waals surface area (Å²) < 4.78 is 41.0. The molecule has 2 aromatic carbocycles. The molecular weight excluding hydrogens is 431 g/mol. The Kier molecular flexibility index (Phi) is 4.74. The van der Waals surface area contributed by atoms with Gasteiger partial charge in [0.1, 0.15) is 28.5 Å². The lowest BCUT2D eigenvalue weighted by molar-refractivity contribution is -0.148. The van der Waals surface area contributed by atoms with E-state index in [9.17, 15) is 18.0 Å². The normalized spacial score (nSPS) is 28.3. The summed E-state index contributed by atoms with van der Waals surface area (Å²) in [7, 11) is 0. The zero-order chi connectivity index (χ0) is 22.7. The van der Waals surface area contributed by atoms with Gasteiger partial charge in [-0.15, -0.1) is 0 Å². The minimum Gasteiger partial charge on any atom is -0.273 e. The summed E-state index contributed by atoms with van der Waals surface area (Å²) in [6.45, 7) is 0.569. The number of hydrazone groups is 1. The van der Waals surface area contributed by atoms with Crippen LogP contribution in [0, 0.1) is 41.1 Å². The van der Waals surface area contributed by atoms with E-state index in [1.54, 1.807) is 17.1 Å². The molecule has 2 heterocycles. The number of aromatic nitrogens is 3. The minimum absolute atomic E-state index is 0.0905. The number of amides is 1. The van der Waals surface area contributed by atoms with Gasteiger partial charge in [0.05, 0.1) is 12.6 Å². The minimum atomic E-state index is -0.664. The average Bonchev–Trinajstić information content (AvgIpc) is 3.38. The van der Waals surface area contributed by atoms with Crippen LogP contribution in [0.1, 0.15) is 37.3 Å². The first kappa shape index (κ1) is 20.4. The molecule has 3 fully saturated rings. The van der Waals surface area contributed by atoms with Gasteiger partial charge >= 0.3 is 0 Å². The number of nitrogens with zero attached hydrogens (tertiary/aromatic N) is 5. The maximum atomic E-state index is 13.8. The van der Waals surface area contributed by atoms with Crippen LogP contribution < -0.4 is 0 Å². The molecule has 3 saturated carbocycles. The molecule has 33 heavy (non-hydrogen) atoms. The van der Waals surface area contributed by atoms with Gasteiger partial charge in [-0.2, -0.15) is 20.1 Å². The lowest BCUT2D eigenvalue weighted by atomic mass is 9.55. The highest BCUT2D eigenvalue weighted by molar-refractivity contribution is 5.82. The molecule has 0 radical (unpaired) electrons. The summed E-state index contributed by atoms with van der Waals surface area (Å²) in [5.74, 6) is -0.916. The predicted molar refractivity (Wildman–Crippen MR) is 114 cm³/mol.